The topological polar surface area (TPSA) is 49.8 Å². The van der Waals surface area contributed by atoms with Crippen LogP contribution in [0.15, 0.2) is 84.9 Å². The Kier molecular flexibility index (Phi) is 7.42. The molecule has 1 atom stereocenters. The van der Waals surface area contributed by atoms with Crippen LogP contribution in [0.4, 0.5) is 0 Å². The predicted molar refractivity (Wildman–Crippen MR) is 115 cm³/mol. The number of hydrogen-bond donors (Lipinski definition) is 1. The maximum Gasteiger partial charge on any atom is 0.223 e. The standard InChI is InChI=1S/C25H27NO3/c1-26(17-20-8-4-2-5-9-20)25(28)16-23(18-27)22-12-14-24(15-13-22)29-19-21-10-6-3-7-11-21/h2-15,23,27H,16-19H2,1H3. The number of aliphatic hydroxyl groups excluding tert-OH is 1. The normalized spacial score (nSPS) is 11.7. The predicted octanol–water partition coefficient (Wildman–Crippen LogP) is 4.39. The van der Waals surface area contributed by atoms with Crippen molar-refractivity contribution in [2.24, 2.45) is 0 Å². The van der Waals surface area contributed by atoms with Crippen molar-refractivity contribution in [1.29, 1.82) is 0 Å². The molecule has 1 unspecified atom stereocenters. The molecule has 0 saturated heterocycles. The molecule has 0 aliphatic heterocycles. The summed E-state index contributed by atoms with van der Waals surface area (Å²) in [4.78, 5) is 14.3. The molecule has 0 aliphatic carbocycles. The Hall–Kier alpha value is -3.11. The maximum atomic E-state index is 12.6. The molecule has 0 bridgehead atoms. The third-order valence-electron chi connectivity index (χ3n) is 4.93. The SMILES string of the molecule is CN(Cc1ccccc1)C(=O)CC(CO)c1ccc(OCc2ccccc2)cc1. The lowest BCUT2D eigenvalue weighted by Crippen LogP contribution is -2.28. The molecule has 0 aliphatic rings. The molecule has 4 nitrogen and oxygen atoms in total. The molecule has 29 heavy (non-hydrogen) atoms. The van der Waals surface area contributed by atoms with Gasteiger partial charge in [-0.3, -0.25) is 4.79 Å². The molecule has 0 heterocycles. The molecular formula is C25H27NO3. The number of benzene rings is 3. The third-order valence-corrected chi connectivity index (χ3v) is 4.93. The van der Waals surface area contributed by atoms with Gasteiger partial charge in [-0.2, -0.15) is 0 Å². The van der Waals surface area contributed by atoms with E-state index in [0.717, 1.165) is 22.4 Å². The molecule has 0 fully saturated rings. The first kappa shape index (κ1) is 20.6. The Morgan fingerprint density at radius 3 is 2.07 bits per heavy atom. The van der Waals surface area contributed by atoms with E-state index in [2.05, 4.69) is 0 Å². The molecule has 0 spiro atoms. The summed E-state index contributed by atoms with van der Waals surface area (Å²) < 4.78 is 5.81. The van der Waals surface area contributed by atoms with Gasteiger partial charge < -0.3 is 14.7 Å². The molecular weight excluding hydrogens is 362 g/mol. The Morgan fingerprint density at radius 2 is 1.48 bits per heavy atom. The summed E-state index contributed by atoms with van der Waals surface area (Å²) >= 11 is 0. The van der Waals surface area contributed by atoms with E-state index in [1.807, 2.05) is 84.9 Å². The monoisotopic (exact) mass is 389 g/mol. The molecule has 0 aromatic heterocycles. The molecule has 3 rings (SSSR count). The van der Waals surface area contributed by atoms with Crippen molar-refractivity contribution >= 4 is 5.91 Å². The zero-order chi connectivity index (χ0) is 20.5. The van der Waals surface area contributed by atoms with Gasteiger partial charge in [-0.25, -0.2) is 0 Å². The second-order valence-electron chi connectivity index (χ2n) is 7.16. The Bertz CT molecular complexity index is 879. The summed E-state index contributed by atoms with van der Waals surface area (Å²) in [5, 5.41) is 9.82. The number of amides is 1. The van der Waals surface area contributed by atoms with Crippen LogP contribution in [0.2, 0.25) is 0 Å². The quantitative estimate of drug-likeness (QED) is 0.590. The number of hydrogen-bond acceptors (Lipinski definition) is 3. The van der Waals surface area contributed by atoms with Crippen molar-refractivity contribution < 1.29 is 14.6 Å². The van der Waals surface area contributed by atoms with E-state index >= 15 is 0 Å². The highest BCUT2D eigenvalue weighted by molar-refractivity contribution is 5.76. The molecule has 3 aromatic carbocycles. The van der Waals surface area contributed by atoms with E-state index in [0.29, 0.717) is 13.2 Å². The van der Waals surface area contributed by atoms with Gasteiger partial charge in [0.25, 0.3) is 0 Å². The van der Waals surface area contributed by atoms with Crippen LogP contribution in [-0.2, 0) is 17.9 Å². The molecule has 1 amide bonds. The van der Waals surface area contributed by atoms with Crippen molar-refractivity contribution in [2.75, 3.05) is 13.7 Å². The second-order valence-corrected chi connectivity index (χ2v) is 7.16. The van der Waals surface area contributed by atoms with E-state index < -0.39 is 0 Å². The summed E-state index contributed by atoms with van der Waals surface area (Å²) in [5.74, 6) is 0.544. The van der Waals surface area contributed by atoms with Crippen LogP contribution < -0.4 is 4.74 Å². The van der Waals surface area contributed by atoms with Crippen molar-refractivity contribution in [2.45, 2.75) is 25.5 Å². The van der Waals surface area contributed by atoms with Crippen LogP contribution in [0.3, 0.4) is 0 Å². The highest BCUT2D eigenvalue weighted by Crippen LogP contribution is 2.23. The number of rotatable bonds is 9. The van der Waals surface area contributed by atoms with Gasteiger partial charge in [0.1, 0.15) is 12.4 Å². The van der Waals surface area contributed by atoms with Gasteiger partial charge in [0, 0.05) is 25.9 Å². The highest BCUT2D eigenvalue weighted by atomic mass is 16.5. The molecule has 1 N–H and O–H groups in total. The fourth-order valence-electron chi connectivity index (χ4n) is 3.18. The van der Waals surface area contributed by atoms with Crippen LogP contribution in [0.25, 0.3) is 0 Å². The fraction of sp³-hybridized carbons (Fsp3) is 0.240. The van der Waals surface area contributed by atoms with Crippen molar-refractivity contribution in [1.82, 2.24) is 4.90 Å². The molecule has 150 valence electrons. The van der Waals surface area contributed by atoms with Gasteiger partial charge in [0.15, 0.2) is 0 Å². The van der Waals surface area contributed by atoms with Gasteiger partial charge in [-0.1, -0.05) is 72.8 Å². The average Bonchev–Trinajstić information content (AvgIpc) is 2.77. The number of nitrogens with zero attached hydrogens (tertiary/aromatic N) is 1. The number of carbonyl (C=O) groups excluding carboxylic acids is 1. The van der Waals surface area contributed by atoms with E-state index in [-0.39, 0.29) is 24.9 Å². The van der Waals surface area contributed by atoms with Crippen molar-refractivity contribution in [3.05, 3.63) is 102 Å². The van der Waals surface area contributed by atoms with Gasteiger partial charge in [-0.15, -0.1) is 0 Å². The number of ether oxygens (including phenoxy) is 1. The van der Waals surface area contributed by atoms with Gasteiger partial charge in [0.05, 0.1) is 6.61 Å². The lowest BCUT2D eigenvalue weighted by Gasteiger charge is -2.21. The highest BCUT2D eigenvalue weighted by Gasteiger charge is 2.18. The Balaban J connectivity index is 1.55. The largest absolute Gasteiger partial charge is 0.489 e. The van der Waals surface area contributed by atoms with Crippen molar-refractivity contribution in [3.63, 3.8) is 0 Å². The van der Waals surface area contributed by atoms with E-state index in [1.165, 1.54) is 0 Å². The maximum absolute atomic E-state index is 12.6. The van der Waals surface area contributed by atoms with Gasteiger partial charge in [0.2, 0.25) is 5.91 Å². The Labute approximate surface area is 172 Å². The van der Waals surface area contributed by atoms with E-state index in [9.17, 15) is 9.90 Å². The van der Waals surface area contributed by atoms with Gasteiger partial charge >= 0.3 is 0 Å². The summed E-state index contributed by atoms with van der Waals surface area (Å²) in [6.45, 7) is 0.992. The molecule has 3 aromatic rings. The summed E-state index contributed by atoms with van der Waals surface area (Å²) in [6, 6.07) is 27.5. The third kappa shape index (κ3) is 6.19. The van der Waals surface area contributed by atoms with Gasteiger partial charge in [-0.05, 0) is 28.8 Å². The van der Waals surface area contributed by atoms with E-state index in [1.54, 1.807) is 11.9 Å². The van der Waals surface area contributed by atoms with Crippen LogP contribution in [-0.4, -0.2) is 29.6 Å². The molecule has 4 heteroatoms. The Morgan fingerprint density at radius 1 is 0.897 bits per heavy atom. The first-order valence-corrected chi connectivity index (χ1v) is 9.81. The molecule has 0 saturated carbocycles. The minimum Gasteiger partial charge on any atom is -0.489 e. The molecule has 0 radical (unpaired) electrons. The first-order chi connectivity index (χ1) is 14.2. The first-order valence-electron chi connectivity index (χ1n) is 9.81. The smallest absolute Gasteiger partial charge is 0.223 e. The zero-order valence-corrected chi connectivity index (χ0v) is 16.7. The zero-order valence-electron chi connectivity index (χ0n) is 16.7. The van der Waals surface area contributed by atoms with Crippen LogP contribution in [0.5, 0.6) is 5.75 Å². The van der Waals surface area contributed by atoms with E-state index in [4.69, 9.17) is 4.74 Å². The second kappa shape index (κ2) is 10.4. The summed E-state index contributed by atoms with van der Waals surface area (Å²) in [7, 11) is 1.80. The summed E-state index contributed by atoms with van der Waals surface area (Å²) in [5.41, 5.74) is 3.13. The van der Waals surface area contributed by atoms with Crippen LogP contribution >= 0.6 is 0 Å². The number of aliphatic hydroxyl groups is 1. The van der Waals surface area contributed by atoms with Crippen LogP contribution in [0, 0.1) is 0 Å². The van der Waals surface area contributed by atoms with Crippen LogP contribution in [0.1, 0.15) is 29.0 Å². The fourth-order valence-corrected chi connectivity index (χ4v) is 3.18. The van der Waals surface area contributed by atoms with Crippen molar-refractivity contribution in [3.8, 4) is 5.75 Å². The number of carbonyl (C=O) groups is 1. The lowest BCUT2D eigenvalue weighted by molar-refractivity contribution is -0.131. The summed E-state index contributed by atoms with van der Waals surface area (Å²) in [6.07, 6.45) is 0.268. The minimum atomic E-state index is -0.233. The lowest BCUT2D eigenvalue weighted by atomic mass is 9.96. The minimum absolute atomic E-state index is 0.0114. The average molecular weight is 389 g/mol.